The molecule has 0 aliphatic carbocycles. The van der Waals surface area contributed by atoms with Crippen molar-refractivity contribution in [3.8, 4) is 0 Å². The SMILES string of the molecule is Fc1cccc(F)c1CNCc1cscn1. The van der Waals surface area contributed by atoms with Gasteiger partial charge < -0.3 is 5.32 Å². The zero-order valence-corrected chi connectivity index (χ0v) is 9.23. The number of benzene rings is 1. The number of rotatable bonds is 4. The van der Waals surface area contributed by atoms with E-state index in [0.717, 1.165) is 5.69 Å². The normalized spacial score (nSPS) is 10.6. The van der Waals surface area contributed by atoms with Crippen LogP contribution in [-0.4, -0.2) is 4.98 Å². The maximum Gasteiger partial charge on any atom is 0.130 e. The lowest BCUT2D eigenvalue weighted by molar-refractivity contribution is 0.534. The average Bonchev–Trinajstić information content (AvgIpc) is 2.75. The van der Waals surface area contributed by atoms with E-state index in [-0.39, 0.29) is 12.1 Å². The Hall–Kier alpha value is -1.33. The first-order chi connectivity index (χ1) is 7.77. The van der Waals surface area contributed by atoms with Crippen LogP contribution in [-0.2, 0) is 13.1 Å². The predicted molar refractivity (Wildman–Crippen MR) is 59.0 cm³/mol. The Morgan fingerprint density at radius 1 is 1.19 bits per heavy atom. The first-order valence-corrected chi connectivity index (χ1v) is 5.72. The van der Waals surface area contributed by atoms with Gasteiger partial charge in [-0.1, -0.05) is 6.07 Å². The highest BCUT2D eigenvalue weighted by atomic mass is 32.1. The molecule has 0 unspecified atom stereocenters. The van der Waals surface area contributed by atoms with E-state index < -0.39 is 11.6 Å². The van der Waals surface area contributed by atoms with Gasteiger partial charge in [0.1, 0.15) is 11.6 Å². The Morgan fingerprint density at radius 2 is 1.94 bits per heavy atom. The van der Waals surface area contributed by atoms with E-state index in [1.165, 1.54) is 29.5 Å². The predicted octanol–water partition coefficient (Wildman–Crippen LogP) is 2.71. The van der Waals surface area contributed by atoms with E-state index in [1.807, 2.05) is 5.38 Å². The quantitative estimate of drug-likeness (QED) is 0.888. The molecule has 1 aromatic carbocycles. The van der Waals surface area contributed by atoms with Crippen molar-refractivity contribution in [3.05, 3.63) is 52.0 Å². The molecule has 5 heteroatoms. The Bertz CT molecular complexity index is 437. The highest BCUT2D eigenvalue weighted by molar-refractivity contribution is 7.07. The van der Waals surface area contributed by atoms with Crippen LogP contribution in [0.3, 0.4) is 0 Å². The Kier molecular flexibility index (Phi) is 3.58. The minimum absolute atomic E-state index is 0.0673. The molecular formula is C11H10F2N2S. The van der Waals surface area contributed by atoms with Gasteiger partial charge in [0.2, 0.25) is 0 Å². The molecule has 2 aromatic rings. The van der Waals surface area contributed by atoms with Crippen LogP contribution < -0.4 is 5.32 Å². The summed E-state index contributed by atoms with van der Waals surface area (Å²) in [5.74, 6) is -1.04. The van der Waals surface area contributed by atoms with Crippen molar-refractivity contribution >= 4 is 11.3 Å². The van der Waals surface area contributed by atoms with E-state index in [1.54, 1.807) is 5.51 Å². The third kappa shape index (κ3) is 2.62. The van der Waals surface area contributed by atoms with Crippen LogP contribution in [0.25, 0.3) is 0 Å². The van der Waals surface area contributed by atoms with Gasteiger partial charge in [0.15, 0.2) is 0 Å². The maximum absolute atomic E-state index is 13.2. The first-order valence-electron chi connectivity index (χ1n) is 4.78. The monoisotopic (exact) mass is 240 g/mol. The molecule has 1 N–H and O–H groups in total. The molecule has 0 radical (unpaired) electrons. The summed E-state index contributed by atoms with van der Waals surface area (Å²) in [6.45, 7) is 0.674. The van der Waals surface area contributed by atoms with E-state index in [4.69, 9.17) is 0 Å². The van der Waals surface area contributed by atoms with E-state index in [2.05, 4.69) is 10.3 Å². The summed E-state index contributed by atoms with van der Waals surface area (Å²) >= 11 is 1.49. The summed E-state index contributed by atoms with van der Waals surface area (Å²) in [5, 5.41) is 4.84. The van der Waals surface area contributed by atoms with Gasteiger partial charge in [-0.05, 0) is 12.1 Å². The second-order valence-electron chi connectivity index (χ2n) is 3.28. The van der Waals surface area contributed by atoms with Gasteiger partial charge in [-0.3, -0.25) is 0 Å². The molecule has 0 atom stereocenters. The molecule has 0 aliphatic rings. The van der Waals surface area contributed by atoms with Crippen molar-refractivity contribution in [1.82, 2.24) is 10.3 Å². The molecule has 0 spiro atoms. The lowest BCUT2D eigenvalue weighted by atomic mass is 10.2. The molecule has 0 amide bonds. The Morgan fingerprint density at radius 3 is 2.56 bits per heavy atom. The molecule has 84 valence electrons. The summed E-state index contributed by atoms with van der Waals surface area (Å²) in [6, 6.07) is 3.86. The van der Waals surface area contributed by atoms with Crippen molar-refractivity contribution in [3.63, 3.8) is 0 Å². The van der Waals surface area contributed by atoms with Crippen LogP contribution in [0, 0.1) is 11.6 Å². The second kappa shape index (κ2) is 5.14. The van der Waals surface area contributed by atoms with Gasteiger partial charge in [0, 0.05) is 24.0 Å². The molecule has 1 aromatic heterocycles. The number of hydrogen-bond donors (Lipinski definition) is 1. The van der Waals surface area contributed by atoms with Gasteiger partial charge >= 0.3 is 0 Å². The average molecular weight is 240 g/mol. The third-order valence-electron chi connectivity index (χ3n) is 2.15. The number of halogens is 2. The maximum atomic E-state index is 13.2. The van der Waals surface area contributed by atoms with Gasteiger partial charge in [-0.15, -0.1) is 11.3 Å². The number of hydrogen-bond acceptors (Lipinski definition) is 3. The fourth-order valence-electron chi connectivity index (χ4n) is 1.34. The minimum atomic E-state index is -0.522. The lowest BCUT2D eigenvalue weighted by Crippen LogP contribution is -2.15. The van der Waals surface area contributed by atoms with E-state index in [0.29, 0.717) is 6.54 Å². The van der Waals surface area contributed by atoms with Crippen molar-refractivity contribution < 1.29 is 8.78 Å². The van der Waals surface area contributed by atoms with Crippen molar-refractivity contribution in [2.75, 3.05) is 0 Å². The van der Waals surface area contributed by atoms with Gasteiger partial charge in [-0.25, -0.2) is 13.8 Å². The molecule has 0 bridgehead atoms. The molecule has 0 fully saturated rings. The van der Waals surface area contributed by atoms with E-state index in [9.17, 15) is 8.78 Å². The van der Waals surface area contributed by atoms with Gasteiger partial charge in [-0.2, -0.15) is 0 Å². The van der Waals surface area contributed by atoms with E-state index >= 15 is 0 Å². The zero-order chi connectivity index (χ0) is 11.4. The number of thiazole rings is 1. The fraction of sp³-hybridized carbons (Fsp3) is 0.182. The summed E-state index contributed by atoms with van der Waals surface area (Å²) in [5.41, 5.74) is 2.67. The number of nitrogens with one attached hydrogen (secondary N) is 1. The molecule has 0 saturated heterocycles. The van der Waals surface area contributed by atoms with Gasteiger partial charge in [0.25, 0.3) is 0 Å². The molecular weight excluding hydrogens is 230 g/mol. The highest BCUT2D eigenvalue weighted by Crippen LogP contribution is 2.11. The molecule has 16 heavy (non-hydrogen) atoms. The molecule has 2 rings (SSSR count). The summed E-state index contributed by atoms with van der Waals surface area (Å²) in [6.07, 6.45) is 0. The summed E-state index contributed by atoms with van der Waals surface area (Å²) in [7, 11) is 0. The molecule has 1 heterocycles. The molecule has 0 saturated carbocycles. The van der Waals surface area contributed by atoms with Crippen molar-refractivity contribution in [2.45, 2.75) is 13.1 Å². The topological polar surface area (TPSA) is 24.9 Å². The van der Waals surface area contributed by atoms with Crippen molar-refractivity contribution in [2.24, 2.45) is 0 Å². The second-order valence-corrected chi connectivity index (χ2v) is 4.00. The third-order valence-corrected chi connectivity index (χ3v) is 2.79. The zero-order valence-electron chi connectivity index (χ0n) is 8.41. The number of aromatic nitrogens is 1. The first kappa shape index (κ1) is 11.2. The standard InChI is InChI=1S/C11H10F2N2S/c12-10-2-1-3-11(13)9(10)5-14-4-8-6-16-7-15-8/h1-3,6-7,14H,4-5H2. The molecule has 2 nitrogen and oxygen atoms in total. The summed E-state index contributed by atoms with van der Waals surface area (Å²) in [4.78, 5) is 4.06. The van der Waals surface area contributed by atoms with Crippen LogP contribution in [0.5, 0.6) is 0 Å². The fourth-order valence-corrected chi connectivity index (χ4v) is 1.90. The number of nitrogens with zero attached hydrogens (tertiary/aromatic N) is 1. The highest BCUT2D eigenvalue weighted by Gasteiger charge is 2.07. The molecule has 0 aliphatic heterocycles. The van der Waals surface area contributed by atoms with Gasteiger partial charge in [0.05, 0.1) is 11.2 Å². The van der Waals surface area contributed by atoms with Crippen molar-refractivity contribution in [1.29, 1.82) is 0 Å². The largest absolute Gasteiger partial charge is 0.307 e. The Labute approximate surface area is 96.0 Å². The Balaban J connectivity index is 1.95. The van der Waals surface area contributed by atoms with Crippen LogP contribution in [0.15, 0.2) is 29.1 Å². The summed E-state index contributed by atoms with van der Waals surface area (Å²) < 4.78 is 26.4. The minimum Gasteiger partial charge on any atom is -0.307 e. The van der Waals surface area contributed by atoms with Crippen LogP contribution in [0.1, 0.15) is 11.3 Å². The lowest BCUT2D eigenvalue weighted by Gasteiger charge is -2.05. The van der Waals surface area contributed by atoms with Crippen LogP contribution in [0.4, 0.5) is 8.78 Å². The van der Waals surface area contributed by atoms with Crippen LogP contribution >= 0.6 is 11.3 Å². The smallest absolute Gasteiger partial charge is 0.130 e. The van der Waals surface area contributed by atoms with Crippen LogP contribution in [0.2, 0.25) is 0 Å².